The molecule has 8 heteroatoms. The molecule has 0 atom stereocenters. The van der Waals surface area contributed by atoms with E-state index < -0.39 is 30.3 Å². The molecule has 0 spiro atoms. The number of aliphatic carboxylic acids is 1. The third kappa shape index (κ3) is 2.84. The molecule has 0 saturated carbocycles. The molecule has 1 aliphatic heterocycles. The van der Waals surface area contributed by atoms with Crippen LogP contribution in [0.1, 0.15) is 26.7 Å². The van der Waals surface area contributed by atoms with E-state index in [1.807, 2.05) is 13.8 Å². The Morgan fingerprint density at radius 3 is 2.10 bits per heavy atom. The third-order valence-electron chi connectivity index (χ3n) is 3.79. The Labute approximate surface area is 116 Å². The smallest absolute Gasteiger partial charge is 0.377 e. The number of piperidine rings is 1. The molecule has 2 amide bonds. The van der Waals surface area contributed by atoms with Gasteiger partial charge in [0.25, 0.3) is 0 Å². The Kier molecular flexibility index (Phi) is 4.58. The quantitative estimate of drug-likeness (QED) is 0.813. The zero-order chi connectivity index (χ0) is 15.7. The minimum atomic E-state index is -4.22. The Morgan fingerprint density at radius 1 is 1.30 bits per heavy atom. The number of carbonyl (C=O) groups excluding carboxylic acids is 1. The average Bonchev–Trinajstić information content (AvgIpc) is 2.37. The summed E-state index contributed by atoms with van der Waals surface area (Å²) in [7, 11) is 1.60. The maximum atomic E-state index is 13.5. The van der Waals surface area contributed by atoms with Crippen LogP contribution in [0.5, 0.6) is 0 Å². The monoisotopic (exact) mass is 294 g/mol. The first-order valence-electron chi connectivity index (χ1n) is 6.38. The van der Waals surface area contributed by atoms with E-state index in [4.69, 9.17) is 5.11 Å². The van der Waals surface area contributed by atoms with Crippen molar-refractivity contribution >= 4 is 12.0 Å². The van der Waals surface area contributed by atoms with Gasteiger partial charge in [0.1, 0.15) is 5.60 Å². The van der Waals surface area contributed by atoms with E-state index >= 15 is 0 Å². The van der Waals surface area contributed by atoms with Gasteiger partial charge in [0.2, 0.25) is 0 Å². The lowest BCUT2D eigenvalue weighted by molar-refractivity contribution is -0.217. The Morgan fingerprint density at radius 2 is 1.75 bits per heavy atom. The van der Waals surface area contributed by atoms with Gasteiger partial charge in [-0.15, -0.1) is 0 Å². The molecular weight excluding hydrogens is 274 g/mol. The van der Waals surface area contributed by atoms with Gasteiger partial charge in [0.05, 0.1) is 0 Å². The first-order chi connectivity index (χ1) is 9.03. The van der Waals surface area contributed by atoms with Crippen LogP contribution in [-0.4, -0.2) is 69.7 Å². The summed E-state index contributed by atoms with van der Waals surface area (Å²) in [5.41, 5.74) is -2.61. The average molecular weight is 294 g/mol. The van der Waals surface area contributed by atoms with Gasteiger partial charge in [-0.05, 0) is 13.8 Å². The fourth-order valence-corrected chi connectivity index (χ4v) is 2.02. The number of amides is 2. The van der Waals surface area contributed by atoms with Gasteiger partial charge < -0.3 is 20.0 Å². The van der Waals surface area contributed by atoms with Crippen LogP contribution in [0, 0.1) is 0 Å². The summed E-state index contributed by atoms with van der Waals surface area (Å²) in [5.74, 6) is -6.56. The lowest BCUT2D eigenvalue weighted by Crippen LogP contribution is -2.60. The molecule has 20 heavy (non-hydrogen) atoms. The number of carboxylic acid groups (broad SMARTS) is 1. The lowest BCUT2D eigenvalue weighted by Gasteiger charge is -2.42. The summed E-state index contributed by atoms with van der Waals surface area (Å²) >= 11 is 0. The van der Waals surface area contributed by atoms with Gasteiger partial charge in [-0.25, -0.2) is 9.59 Å². The number of carboxylic acids is 1. The van der Waals surface area contributed by atoms with Crippen LogP contribution in [0.2, 0.25) is 0 Å². The molecule has 1 heterocycles. The van der Waals surface area contributed by atoms with Crippen LogP contribution in [0.15, 0.2) is 0 Å². The lowest BCUT2D eigenvalue weighted by atomic mass is 9.85. The van der Waals surface area contributed by atoms with Gasteiger partial charge in [0.15, 0.2) is 0 Å². The summed E-state index contributed by atoms with van der Waals surface area (Å²) in [6.45, 7) is 3.43. The van der Waals surface area contributed by atoms with E-state index in [0.29, 0.717) is 0 Å². The van der Waals surface area contributed by atoms with E-state index in [0.717, 1.165) is 0 Å². The summed E-state index contributed by atoms with van der Waals surface area (Å²) in [6, 6.07) is -0.357. The summed E-state index contributed by atoms with van der Waals surface area (Å²) < 4.78 is 26.9. The molecule has 2 N–H and O–H groups in total. The first-order valence-corrected chi connectivity index (χ1v) is 6.38. The zero-order valence-corrected chi connectivity index (χ0v) is 11.8. The number of nitrogens with zero attached hydrogens (tertiary/aromatic N) is 2. The number of hydrogen-bond donors (Lipinski definition) is 2. The number of hydrogen-bond acceptors (Lipinski definition) is 3. The van der Waals surface area contributed by atoms with Crippen molar-refractivity contribution in [1.29, 1.82) is 0 Å². The van der Waals surface area contributed by atoms with E-state index in [9.17, 15) is 23.5 Å². The second-order valence-electron chi connectivity index (χ2n) is 5.39. The number of urea groups is 1. The highest BCUT2D eigenvalue weighted by Gasteiger charge is 2.59. The standard InChI is InChI=1S/C12H20F2N2O4/c1-8(2)15(3)10(19)16-6-4-11(20,5-7-16)12(13,14)9(17)18/h8,20H,4-7H2,1-3H3,(H,17,18). The van der Waals surface area contributed by atoms with Crippen molar-refractivity contribution < 1.29 is 28.6 Å². The highest BCUT2D eigenvalue weighted by Crippen LogP contribution is 2.37. The van der Waals surface area contributed by atoms with Gasteiger partial charge >= 0.3 is 17.9 Å². The predicted octanol–water partition coefficient (Wildman–Crippen LogP) is 0.993. The number of halogens is 2. The normalized spacial score (nSPS) is 19.1. The van der Waals surface area contributed by atoms with Crippen molar-refractivity contribution in [2.24, 2.45) is 0 Å². The summed E-state index contributed by atoms with van der Waals surface area (Å²) in [5, 5.41) is 18.3. The highest BCUT2D eigenvalue weighted by molar-refractivity contribution is 5.77. The van der Waals surface area contributed by atoms with Crippen molar-refractivity contribution in [1.82, 2.24) is 9.80 Å². The molecule has 0 bridgehead atoms. The van der Waals surface area contributed by atoms with Crippen LogP contribution in [0.3, 0.4) is 0 Å². The Balaban J connectivity index is 2.73. The fourth-order valence-electron chi connectivity index (χ4n) is 2.02. The van der Waals surface area contributed by atoms with Crippen LogP contribution in [-0.2, 0) is 4.79 Å². The zero-order valence-electron chi connectivity index (χ0n) is 11.8. The van der Waals surface area contributed by atoms with Gasteiger partial charge in [0, 0.05) is 39.0 Å². The first kappa shape index (κ1) is 16.6. The number of aliphatic hydroxyl groups is 1. The summed E-state index contributed by atoms with van der Waals surface area (Å²) in [6.07, 6.45) is -0.937. The third-order valence-corrected chi connectivity index (χ3v) is 3.79. The predicted molar refractivity (Wildman–Crippen MR) is 66.6 cm³/mol. The van der Waals surface area contributed by atoms with E-state index in [1.165, 1.54) is 9.80 Å². The van der Waals surface area contributed by atoms with Crippen molar-refractivity contribution in [3.63, 3.8) is 0 Å². The van der Waals surface area contributed by atoms with E-state index in [1.54, 1.807) is 7.05 Å². The molecule has 0 unspecified atom stereocenters. The minimum Gasteiger partial charge on any atom is -0.477 e. The highest BCUT2D eigenvalue weighted by atomic mass is 19.3. The second-order valence-corrected chi connectivity index (χ2v) is 5.39. The molecule has 1 aliphatic rings. The maximum absolute atomic E-state index is 13.5. The van der Waals surface area contributed by atoms with Crippen LogP contribution in [0.25, 0.3) is 0 Å². The molecule has 0 aromatic rings. The largest absolute Gasteiger partial charge is 0.477 e. The molecule has 1 saturated heterocycles. The van der Waals surface area contributed by atoms with Crippen molar-refractivity contribution in [2.75, 3.05) is 20.1 Å². The number of likely N-dealkylation sites (tertiary alicyclic amines) is 1. The molecule has 1 rings (SSSR count). The topological polar surface area (TPSA) is 81.1 Å². The van der Waals surface area contributed by atoms with E-state index in [2.05, 4.69) is 0 Å². The molecule has 0 aromatic heterocycles. The SMILES string of the molecule is CC(C)N(C)C(=O)N1CCC(O)(C(F)(F)C(=O)O)CC1. The van der Waals surface area contributed by atoms with Crippen LogP contribution in [0.4, 0.5) is 13.6 Å². The molecule has 0 aliphatic carbocycles. The number of alkyl halides is 2. The minimum absolute atomic E-state index is 0.0382. The molecular formula is C12H20F2N2O4. The maximum Gasteiger partial charge on any atom is 0.377 e. The molecule has 116 valence electrons. The molecule has 1 fully saturated rings. The Bertz CT molecular complexity index is 393. The van der Waals surface area contributed by atoms with Gasteiger partial charge in [-0.1, -0.05) is 0 Å². The summed E-state index contributed by atoms with van der Waals surface area (Å²) in [4.78, 5) is 25.3. The van der Waals surface area contributed by atoms with Crippen LogP contribution >= 0.6 is 0 Å². The fraction of sp³-hybridized carbons (Fsp3) is 0.833. The second kappa shape index (κ2) is 5.51. The van der Waals surface area contributed by atoms with E-state index in [-0.39, 0.29) is 25.2 Å². The molecule has 6 nitrogen and oxygen atoms in total. The van der Waals surface area contributed by atoms with Gasteiger partial charge in [-0.2, -0.15) is 8.78 Å². The van der Waals surface area contributed by atoms with Gasteiger partial charge in [-0.3, -0.25) is 0 Å². The van der Waals surface area contributed by atoms with Crippen LogP contribution < -0.4 is 0 Å². The molecule has 0 aromatic carbocycles. The number of carbonyl (C=O) groups is 2. The Hall–Kier alpha value is -1.44. The number of rotatable bonds is 3. The molecule has 0 radical (unpaired) electrons. The van der Waals surface area contributed by atoms with Crippen molar-refractivity contribution in [3.05, 3.63) is 0 Å². The van der Waals surface area contributed by atoms with Crippen molar-refractivity contribution in [2.45, 2.75) is 44.3 Å². The van der Waals surface area contributed by atoms with Crippen molar-refractivity contribution in [3.8, 4) is 0 Å².